The van der Waals surface area contributed by atoms with Gasteiger partial charge in [-0.3, -0.25) is 0 Å². The van der Waals surface area contributed by atoms with Crippen molar-refractivity contribution in [2.24, 2.45) is 17.8 Å². The first-order valence-corrected chi connectivity index (χ1v) is 16.2. The van der Waals surface area contributed by atoms with E-state index in [1.807, 2.05) is 12.1 Å². The molecule has 0 heterocycles. The van der Waals surface area contributed by atoms with Crippen LogP contribution in [-0.4, -0.2) is 24.3 Å². The fourth-order valence-electron chi connectivity index (χ4n) is 7.22. The zero-order chi connectivity index (χ0) is 29.2. The third kappa shape index (κ3) is 9.01. The maximum absolute atomic E-state index is 15.2. The van der Waals surface area contributed by atoms with Crippen LogP contribution in [-0.2, 0) is 22.4 Å². The number of hydrogen-bond acceptors (Lipinski definition) is 3. The lowest BCUT2D eigenvalue weighted by Gasteiger charge is -2.38. The van der Waals surface area contributed by atoms with E-state index in [1.165, 1.54) is 75.3 Å². The van der Waals surface area contributed by atoms with E-state index in [9.17, 15) is 9.90 Å². The molecule has 3 nitrogen and oxygen atoms in total. The fourth-order valence-corrected chi connectivity index (χ4v) is 7.22. The molecular formula is C37H51FO3. The molecule has 2 aromatic rings. The van der Waals surface area contributed by atoms with Crippen molar-refractivity contribution in [3.05, 3.63) is 82.7 Å². The maximum Gasteiger partial charge on any atom is 0.333 e. The van der Waals surface area contributed by atoms with Crippen LogP contribution in [0.5, 0.6) is 0 Å². The Hall–Kier alpha value is -2.46. The number of carbonyl (C=O) groups is 1. The van der Waals surface area contributed by atoms with Crippen molar-refractivity contribution in [2.75, 3.05) is 13.2 Å². The van der Waals surface area contributed by atoms with E-state index in [0.29, 0.717) is 17.9 Å². The number of aliphatic hydroxyl groups excluding tert-OH is 1. The minimum atomic E-state index is -0.462. The monoisotopic (exact) mass is 562 g/mol. The van der Waals surface area contributed by atoms with Crippen LogP contribution < -0.4 is 0 Å². The number of aryl methyl sites for hydroxylation is 1. The molecule has 4 rings (SSSR count). The average Bonchev–Trinajstić information content (AvgIpc) is 3.00. The van der Waals surface area contributed by atoms with Gasteiger partial charge < -0.3 is 9.84 Å². The van der Waals surface area contributed by atoms with Gasteiger partial charge in [0, 0.05) is 18.1 Å². The smallest absolute Gasteiger partial charge is 0.333 e. The van der Waals surface area contributed by atoms with Gasteiger partial charge >= 0.3 is 5.97 Å². The number of ether oxygens (including phenoxy) is 1. The molecular weight excluding hydrogens is 511 g/mol. The number of esters is 1. The quantitative estimate of drug-likeness (QED) is 0.150. The molecule has 2 aliphatic rings. The summed E-state index contributed by atoms with van der Waals surface area (Å²) in [5, 5.41) is 9.71. The summed E-state index contributed by atoms with van der Waals surface area (Å²) < 4.78 is 20.4. The van der Waals surface area contributed by atoms with E-state index >= 15 is 4.39 Å². The van der Waals surface area contributed by atoms with Gasteiger partial charge in [-0.05, 0) is 130 Å². The lowest BCUT2D eigenvalue weighted by Crippen LogP contribution is -2.25. The molecule has 1 atom stereocenters. The SMILES string of the molecule is C=C(C)C(=O)OCC(CO)Cc1ccc(C2CCC(C3CCC(c4ccc(CCCCC)cc4)CC3)CC2)c(F)c1. The van der Waals surface area contributed by atoms with Crippen molar-refractivity contribution in [1.82, 2.24) is 0 Å². The number of hydrogen-bond donors (Lipinski definition) is 1. The van der Waals surface area contributed by atoms with Gasteiger partial charge in [-0.2, -0.15) is 0 Å². The molecule has 2 fully saturated rings. The zero-order valence-corrected chi connectivity index (χ0v) is 25.4. The van der Waals surface area contributed by atoms with Gasteiger partial charge in [-0.25, -0.2) is 9.18 Å². The minimum absolute atomic E-state index is 0.100. The van der Waals surface area contributed by atoms with E-state index in [2.05, 4.69) is 37.8 Å². The molecule has 41 heavy (non-hydrogen) atoms. The molecule has 0 bridgehead atoms. The first kappa shape index (κ1) is 31.5. The Morgan fingerprint density at radius 2 is 1.54 bits per heavy atom. The Labute approximate surface area is 247 Å². The van der Waals surface area contributed by atoms with Gasteiger partial charge in [0.25, 0.3) is 0 Å². The van der Waals surface area contributed by atoms with Crippen molar-refractivity contribution >= 4 is 5.97 Å². The minimum Gasteiger partial charge on any atom is -0.462 e. The second-order valence-electron chi connectivity index (χ2n) is 12.9. The Morgan fingerprint density at radius 1 is 0.927 bits per heavy atom. The lowest BCUT2D eigenvalue weighted by atomic mass is 9.67. The second kappa shape index (κ2) is 15.7. The van der Waals surface area contributed by atoms with Crippen molar-refractivity contribution < 1.29 is 19.0 Å². The summed E-state index contributed by atoms with van der Waals surface area (Å²) in [5.74, 6) is 1.74. The summed E-state index contributed by atoms with van der Waals surface area (Å²) in [6.45, 7) is 7.41. The van der Waals surface area contributed by atoms with Crippen LogP contribution in [0, 0.1) is 23.6 Å². The highest BCUT2D eigenvalue weighted by Gasteiger charge is 2.32. The third-order valence-electron chi connectivity index (χ3n) is 9.82. The van der Waals surface area contributed by atoms with Gasteiger partial charge in [-0.1, -0.05) is 62.7 Å². The highest BCUT2D eigenvalue weighted by Crippen LogP contribution is 2.46. The molecule has 0 spiro atoms. The molecule has 0 aliphatic heterocycles. The van der Waals surface area contributed by atoms with E-state index in [4.69, 9.17) is 4.74 Å². The van der Waals surface area contributed by atoms with Crippen molar-refractivity contribution in [2.45, 2.75) is 109 Å². The molecule has 0 amide bonds. The van der Waals surface area contributed by atoms with Crippen molar-refractivity contribution in [1.29, 1.82) is 0 Å². The average molecular weight is 563 g/mol. The van der Waals surface area contributed by atoms with Crippen LogP contribution in [0.4, 0.5) is 4.39 Å². The molecule has 1 unspecified atom stereocenters. The number of rotatable bonds is 13. The van der Waals surface area contributed by atoms with Gasteiger partial charge in [0.15, 0.2) is 0 Å². The Balaban J connectivity index is 1.22. The summed E-state index contributed by atoms with van der Waals surface area (Å²) in [7, 11) is 0. The van der Waals surface area contributed by atoms with Crippen LogP contribution >= 0.6 is 0 Å². The highest BCUT2D eigenvalue weighted by molar-refractivity contribution is 5.86. The zero-order valence-electron chi connectivity index (χ0n) is 25.4. The Kier molecular flexibility index (Phi) is 12.0. The molecule has 2 saturated carbocycles. The van der Waals surface area contributed by atoms with E-state index in [1.54, 1.807) is 13.0 Å². The molecule has 4 heteroatoms. The molecule has 224 valence electrons. The topological polar surface area (TPSA) is 46.5 Å². The lowest BCUT2D eigenvalue weighted by molar-refractivity contribution is -0.140. The van der Waals surface area contributed by atoms with E-state index in [0.717, 1.165) is 35.8 Å². The molecule has 0 saturated heterocycles. The van der Waals surface area contributed by atoms with E-state index in [-0.39, 0.29) is 30.9 Å². The van der Waals surface area contributed by atoms with Gasteiger partial charge in [0.2, 0.25) is 0 Å². The van der Waals surface area contributed by atoms with Crippen LogP contribution in [0.25, 0.3) is 0 Å². The second-order valence-corrected chi connectivity index (χ2v) is 12.9. The Morgan fingerprint density at radius 3 is 2.10 bits per heavy atom. The first-order valence-electron chi connectivity index (χ1n) is 16.2. The van der Waals surface area contributed by atoms with Crippen LogP contribution in [0.2, 0.25) is 0 Å². The summed E-state index contributed by atoms with van der Waals surface area (Å²) >= 11 is 0. The van der Waals surface area contributed by atoms with Crippen molar-refractivity contribution in [3.8, 4) is 0 Å². The number of carbonyl (C=O) groups excluding carboxylic acids is 1. The van der Waals surface area contributed by atoms with Gasteiger partial charge in [0.05, 0.1) is 6.61 Å². The predicted molar refractivity (Wildman–Crippen MR) is 166 cm³/mol. The van der Waals surface area contributed by atoms with Gasteiger partial charge in [-0.15, -0.1) is 0 Å². The summed E-state index contributed by atoms with van der Waals surface area (Å²) in [5.41, 5.74) is 5.01. The number of benzene rings is 2. The predicted octanol–water partition coefficient (Wildman–Crippen LogP) is 9.08. The van der Waals surface area contributed by atoms with Gasteiger partial charge in [0.1, 0.15) is 5.82 Å². The highest BCUT2D eigenvalue weighted by atomic mass is 19.1. The van der Waals surface area contributed by atoms with Crippen LogP contribution in [0.3, 0.4) is 0 Å². The van der Waals surface area contributed by atoms with Crippen LogP contribution in [0.1, 0.15) is 119 Å². The number of halogens is 1. The first-order chi connectivity index (χ1) is 19.9. The summed E-state index contributed by atoms with van der Waals surface area (Å²) in [6.07, 6.45) is 15.4. The standard InChI is InChI=1S/C37H51FO3/c1-4-5-6-7-27-8-11-30(12-9-27)31-13-15-32(16-14-31)33-17-19-34(20-18-33)35-21-10-28(23-36(35)38)22-29(24-39)25-41-37(40)26(2)3/h8-12,21,23,29,31-34,39H,2,4-7,13-20,22,24-25H2,1,3H3. The molecule has 1 N–H and O–H groups in total. The normalized spacial score (nSPS) is 23.6. The fraction of sp³-hybridized carbons (Fsp3) is 0.595. The molecule has 2 aliphatic carbocycles. The number of unbranched alkanes of at least 4 members (excludes halogenated alkanes) is 2. The molecule has 2 aromatic carbocycles. The van der Waals surface area contributed by atoms with E-state index < -0.39 is 5.97 Å². The number of aliphatic hydroxyl groups is 1. The molecule has 0 radical (unpaired) electrons. The maximum atomic E-state index is 15.2. The summed E-state index contributed by atoms with van der Waals surface area (Å²) in [6, 6.07) is 15.0. The van der Waals surface area contributed by atoms with Crippen molar-refractivity contribution in [3.63, 3.8) is 0 Å². The summed E-state index contributed by atoms with van der Waals surface area (Å²) in [4.78, 5) is 11.7. The molecule has 0 aromatic heterocycles. The third-order valence-corrected chi connectivity index (χ3v) is 9.82. The van der Waals surface area contributed by atoms with Crippen LogP contribution in [0.15, 0.2) is 54.6 Å². The Bertz CT molecular complexity index is 1110. The largest absolute Gasteiger partial charge is 0.462 e.